The molecule has 3 nitrogen and oxygen atoms in total. The number of hydrogen-bond donors (Lipinski definition) is 0. The Morgan fingerprint density at radius 2 is 1.00 bits per heavy atom. The molecule has 9 rings (SSSR count). The summed E-state index contributed by atoms with van der Waals surface area (Å²) < 4.78 is 2.66. The molecule has 1 aliphatic rings. The smallest absolute Gasteiger partial charge is 0.164 e. The van der Waals surface area contributed by atoms with E-state index in [0.717, 1.165) is 16.7 Å². The van der Waals surface area contributed by atoms with Crippen molar-refractivity contribution >= 4 is 31.5 Å². The van der Waals surface area contributed by atoms with Crippen LogP contribution in [0.2, 0.25) is 0 Å². The molecule has 0 saturated carbocycles. The fourth-order valence-corrected chi connectivity index (χ4v) is 8.37. The largest absolute Gasteiger partial charge is 0.208 e. The van der Waals surface area contributed by atoms with Gasteiger partial charge in [0.2, 0.25) is 0 Å². The van der Waals surface area contributed by atoms with E-state index in [1.54, 1.807) is 0 Å². The van der Waals surface area contributed by atoms with E-state index in [1.165, 1.54) is 53.6 Å². The first kappa shape index (κ1) is 26.9. The highest BCUT2D eigenvalue weighted by molar-refractivity contribution is 7.26. The topological polar surface area (TPSA) is 38.7 Å². The predicted octanol–water partition coefficient (Wildman–Crippen LogP) is 11.2. The average Bonchev–Trinajstić information content (AvgIpc) is 3.61. The summed E-state index contributed by atoms with van der Waals surface area (Å²) in [6, 6.07) is 49.2. The Labute approximate surface area is 271 Å². The van der Waals surface area contributed by atoms with Gasteiger partial charge in [-0.05, 0) is 39.4 Å². The summed E-state index contributed by atoms with van der Waals surface area (Å²) in [5.41, 5.74) is 10.8. The second-order valence-corrected chi connectivity index (χ2v) is 13.5. The van der Waals surface area contributed by atoms with Crippen LogP contribution in [0.4, 0.5) is 0 Å². The molecule has 8 aromatic rings. The molecule has 218 valence electrons. The standard InChI is InChI=1S/C42H29N3S/c1-42(2)34-19-10-9-16-31(34)32-24-25-35-36(37(32)42)33-18-11-17-30(38(33)46-35)26-20-22-29(23-21-26)41-44-39(27-12-5-3-6-13-27)43-40(45-41)28-14-7-4-8-15-28/h3-25H,1-2H3. The van der Waals surface area contributed by atoms with Crippen LogP contribution in [0.1, 0.15) is 25.0 Å². The molecule has 0 aliphatic heterocycles. The van der Waals surface area contributed by atoms with Gasteiger partial charge in [0.05, 0.1) is 0 Å². The van der Waals surface area contributed by atoms with Gasteiger partial charge in [0.15, 0.2) is 17.5 Å². The highest BCUT2D eigenvalue weighted by Gasteiger charge is 2.37. The van der Waals surface area contributed by atoms with Crippen molar-refractivity contribution in [3.63, 3.8) is 0 Å². The molecule has 6 aromatic carbocycles. The third-order valence-corrected chi connectivity index (χ3v) is 10.5. The normalized spacial score (nSPS) is 13.2. The second-order valence-electron chi connectivity index (χ2n) is 12.4. The van der Waals surface area contributed by atoms with Crippen molar-refractivity contribution in [1.82, 2.24) is 15.0 Å². The zero-order chi connectivity index (χ0) is 30.8. The van der Waals surface area contributed by atoms with Crippen molar-refractivity contribution in [1.29, 1.82) is 0 Å². The van der Waals surface area contributed by atoms with Crippen molar-refractivity contribution in [3.8, 4) is 56.4 Å². The first-order valence-electron chi connectivity index (χ1n) is 15.6. The van der Waals surface area contributed by atoms with Crippen molar-refractivity contribution < 1.29 is 0 Å². The molecule has 0 saturated heterocycles. The number of nitrogens with zero attached hydrogens (tertiary/aromatic N) is 3. The van der Waals surface area contributed by atoms with Gasteiger partial charge >= 0.3 is 0 Å². The highest BCUT2D eigenvalue weighted by Crippen LogP contribution is 2.54. The minimum atomic E-state index is -0.0567. The molecule has 0 unspecified atom stereocenters. The van der Waals surface area contributed by atoms with E-state index in [2.05, 4.69) is 92.7 Å². The number of benzene rings is 6. The Hall–Kier alpha value is -5.45. The zero-order valence-corrected chi connectivity index (χ0v) is 26.3. The molecule has 0 fully saturated rings. The van der Waals surface area contributed by atoms with E-state index in [0.29, 0.717) is 17.5 Å². The van der Waals surface area contributed by atoms with Gasteiger partial charge < -0.3 is 0 Å². The van der Waals surface area contributed by atoms with Crippen LogP contribution in [0.5, 0.6) is 0 Å². The van der Waals surface area contributed by atoms with Crippen LogP contribution in [-0.4, -0.2) is 15.0 Å². The van der Waals surface area contributed by atoms with E-state index < -0.39 is 0 Å². The van der Waals surface area contributed by atoms with Gasteiger partial charge in [-0.25, -0.2) is 15.0 Å². The van der Waals surface area contributed by atoms with E-state index in [1.807, 2.05) is 72.0 Å². The molecule has 0 bridgehead atoms. The monoisotopic (exact) mass is 607 g/mol. The summed E-state index contributed by atoms with van der Waals surface area (Å²) in [4.78, 5) is 14.7. The van der Waals surface area contributed by atoms with Gasteiger partial charge in [0.1, 0.15) is 0 Å². The summed E-state index contributed by atoms with van der Waals surface area (Å²) in [6.07, 6.45) is 0. The summed E-state index contributed by atoms with van der Waals surface area (Å²) in [7, 11) is 0. The summed E-state index contributed by atoms with van der Waals surface area (Å²) in [5.74, 6) is 2.00. The van der Waals surface area contributed by atoms with Crippen LogP contribution in [0, 0.1) is 0 Å². The molecule has 2 aromatic heterocycles. The molecule has 0 N–H and O–H groups in total. The van der Waals surface area contributed by atoms with Crippen molar-refractivity contribution in [3.05, 3.63) is 151 Å². The van der Waals surface area contributed by atoms with E-state index in [-0.39, 0.29) is 5.41 Å². The molecule has 0 radical (unpaired) electrons. The Kier molecular flexibility index (Phi) is 6.02. The Morgan fingerprint density at radius 3 is 1.65 bits per heavy atom. The number of thiophene rings is 1. The van der Waals surface area contributed by atoms with Gasteiger partial charge in [-0.1, -0.05) is 147 Å². The lowest BCUT2D eigenvalue weighted by Crippen LogP contribution is -2.15. The summed E-state index contributed by atoms with van der Waals surface area (Å²) in [5, 5.41) is 2.72. The van der Waals surface area contributed by atoms with Crippen LogP contribution in [-0.2, 0) is 5.41 Å². The van der Waals surface area contributed by atoms with Gasteiger partial charge in [-0.3, -0.25) is 0 Å². The van der Waals surface area contributed by atoms with Crippen LogP contribution in [0.15, 0.2) is 140 Å². The van der Waals surface area contributed by atoms with Crippen molar-refractivity contribution in [2.45, 2.75) is 19.3 Å². The van der Waals surface area contributed by atoms with Crippen molar-refractivity contribution in [2.24, 2.45) is 0 Å². The molecule has 1 aliphatic carbocycles. The van der Waals surface area contributed by atoms with Crippen LogP contribution < -0.4 is 0 Å². The van der Waals surface area contributed by atoms with Gasteiger partial charge in [-0.2, -0.15) is 0 Å². The predicted molar refractivity (Wildman–Crippen MR) is 192 cm³/mol. The van der Waals surface area contributed by atoms with E-state index in [4.69, 9.17) is 15.0 Å². The Morgan fingerprint density at radius 1 is 0.457 bits per heavy atom. The Balaban J connectivity index is 1.16. The fraction of sp³-hybridized carbons (Fsp3) is 0.0714. The summed E-state index contributed by atoms with van der Waals surface area (Å²) in [6.45, 7) is 4.74. The van der Waals surface area contributed by atoms with Gasteiger partial charge in [-0.15, -0.1) is 11.3 Å². The summed E-state index contributed by atoms with van der Waals surface area (Å²) >= 11 is 1.90. The SMILES string of the molecule is CC1(C)c2ccccc2-c2ccc3sc4c(-c5ccc(-c6nc(-c7ccccc7)nc(-c7ccccc7)n6)cc5)cccc4c3c21. The zero-order valence-electron chi connectivity index (χ0n) is 25.5. The maximum Gasteiger partial charge on any atom is 0.164 e. The number of rotatable bonds is 4. The average molecular weight is 608 g/mol. The number of hydrogen-bond acceptors (Lipinski definition) is 4. The molecular weight excluding hydrogens is 579 g/mol. The molecule has 0 amide bonds. The maximum atomic E-state index is 4.92. The first-order valence-corrected chi connectivity index (χ1v) is 16.4. The third-order valence-electron chi connectivity index (χ3n) is 9.33. The lowest BCUT2D eigenvalue weighted by Gasteiger charge is -2.22. The first-order chi connectivity index (χ1) is 22.6. The van der Waals surface area contributed by atoms with Gasteiger partial charge in [0, 0.05) is 42.3 Å². The number of aromatic nitrogens is 3. The minimum absolute atomic E-state index is 0.0567. The quantitative estimate of drug-likeness (QED) is 0.200. The van der Waals surface area contributed by atoms with E-state index >= 15 is 0 Å². The van der Waals surface area contributed by atoms with E-state index in [9.17, 15) is 0 Å². The van der Waals surface area contributed by atoms with Crippen LogP contribution in [0.3, 0.4) is 0 Å². The molecular formula is C42H29N3S. The molecule has 2 heterocycles. The van der Waals surface area contributed by atoms with Crippen LogP contribution >= 0.6 is 11.3 Å². The molecule has 0 spiro atoms. The highest BCUT2D eigenvalue weighted by atomic mass is 32.1. The Bertz CT molecular complexity index is 2370. The van der Waals surface area contributed by atoms with Gasteiger partial charge in [0.25, 0.3) is 0 Å². The lowest BCUT2D eigenvalue weighted by molar-refractivity contribution is 0.667. The molecule has 46 heavy (non-hydrogen) atoms. The van der Waals surface area contributed by atoms with Crippen LogP contribution in [0.25, 0.3) is 76.6 Å². The maximum absolute atomic E-state index is 4.92. The molecule has 0 atom stereocenters. The fourth-order valence-electron chi connectivity index (χ4n) is 7.12. The third kappa shape index (κ3) is 4.14. The minimum Gasteiger partial charge on any atom is -0.208 e. The lowest BCUT2D eigenvalue weighted by atomic mass is 9.80. The van der Waals surface area contributed by atoms with Crippen molar-refractivity contribution in [2.75, 3.05) is 0 Å². The number of fused-ring (bicyclic) bond motifs is 7. The second kappa shape index (κ2) is 10.3. The molecule has 4 heteroatoms.